The Balaban J connectivity index is 2.39. The molecule has 0 fully saturated rings. The molecule has 0 bridgehead atoms. The molecule has 0 saturated carbocycles. The molecule has 0 aliphatic rings. The third-order valence-electron chi connectivity index (χ3n) is 2.55. The first-order chi connectivity index (χ1) is 7.59. The molecule has 0 radical (unpaired) electrons. The minimum absolute atomic E-state index is 0.145. The third-order valence-corrected chi connectivity index (χ3v) is 4.43. The summed E-state index contributed by atoms with van der Waals surface area (Å²) in [4.78, 5) is 5.73. The van der Waals surface area contributed by atoms with Crippen LogP contribution in [0.2, 0.25) is 0 Å². The zero-order valence-electron chi connectivity index (χ0n) is 9.20. The van der Waals surface area contributed by atoms with Gasteiger partial charge in [-0.2, -0.15) is 0 Å². The molecule has 4 heteroatoms. The molecule has 84 valence electrons. The smallest absolute Gasteiger partial charge is 0.114 e. The molecule has 1 heterocycles. The second kappa shape index (κ2) is 4.65. The number of nitrogens with two attached hydrogens (primary N) is 1. The fraction of sp³-hybridized carbons (Fsp3) is 0.250. The topological polar surface area (TPSA) is 38.9 Å². The molecular formula is C12H13BrN2S. The molecular weight excluding hydrogens is 284 g/mol. The molecule has 0 aliphatic carbocycles. The van der Waals surface area contributed by atoms with Gasteiger partial charge in [-0.1, -0.05) is 34.1 Å². The summed E-state index contributed by atoms with van der Waals surface area (Å²) < 4.78 is 1.04. The SMILES string of the molecule is Cc1nc(C(N)c2ccccc2Br)sc1C. The van der Waals surface area contributed by atoms with Gasteiger partial charge in [-0.3, -0.25) is 0 Å². The zero-order chi connectivity index (χ0) is 11.7. The highest BCUT2D eigenvalue weighted by atomic mass is 79.9. The number of rotatable bonds is 2. The average molecular weight is 297 g/mol. The lowest BCUT2D eigenvalue weighted by Crippen LogP contribution is -2.12. The Morgan fingerprint density at radius 1 is 1.31 bits per heavy atom. The highest BCUT2D eigenvalue weighted by Crippen LogP contribution is 2.30. The molecule has 1 atom stereocenters. The predicted molar refractivity (Wildman–Crippen MR) is 71.8 cm³/mol. The van der Waals surface area contributed by atoms with E-state index >= 15 is 0 Å². The maximum Gasteiger partial charge on any atom is 0.114 e. The monoisotopic (exact) mass is 296 g/mol. The Labute approximate surface area is 108 Å². The summed E-state index contributed by atoms with van der Waals surface area (Å²) >= 11 is 5.19. The van der Waals surface area contributed by atoms with Crippen LogP contribution >= 0.6 is 27.3 Å². The van der Waals surface area contributed by atoms with Crippen molar-refractivity contribution in [1.82, 2.24) is 4.98 Å². The van der Waals surface area contributed by atoms with E-state index in [2.05, 4.69) is 27.8 Å². The van der Waals surface area contributed by atoms with Crippen LogP contribution in [0.25, 0.3) is 0 Å². The molecule has 1 unspecified atom stereocenters. The standard InChI is InChI=1S/C12H13BrN2S/c1-7-8(2)16-12(15-7)11(14)9-5-3-4-6-10(9)13/h3-6,11H,14H2,1-2H3. The van der Waals surface area contributed by atoms with Crippen LogP contribution in [-0.2, 0) is 0 Å². The summed E-state index contributed by atoms with van der Waals surface area (Å²) in [6.45, 7) is 4.09. The van der Waals surface area contributed by atoms with Gasteiger partial charge in [-0.05, 0) is 25.5 Å². The van der Waals surface area contributed by atoms with Crippen molar-refractivity contribution in [3.05, 3.63) is 49.9 Å². The average Bonchev–Trinajstić information content (AvgIpc) is 2.59. The Kier molecular flexibility index (Phi) is 3.42. The first-order valence-electron chi connectivity index (χ1n) is 5.03. The lowest BCUT2D eigenvalue weighted by molar-refractivity contribution is 0.847. The number of hydrogen-bond donors (Lipinski definition) is 1. The summed E-state index contributed by atoms with van der Waals surface area (Å²) in [5.41, 5.74) is 8.37. The van der Waals surface area contributed by atoms with E-state index in [1.54, 1.807) is 11.3 Å². The van der Waals surface area contributed by atoms with Crippen molar-refractivity contribution >= 4 is 27.3 Å². The van der Waals surface area contributed by atoms with Crippen molar-refractivity contribution in [1.29, 1.82) is 0 Å². The number of halogens is 1. The van der Waals surface area contributed by atoms with Crippen molar-refractivity contribution in [2.24, 2.45) is 5.73 Å². The summed E-state index contributed by atoms with van der Waals surface area (Å²) in [5.74, 6) is 0. The fourth-order valence-corrected chi connectivity index (χ4v) is 2.97. The van der Waals surface area contributed by atoms with Gasteiger partial charge >= 0.3 is 0 Å². The van der Waals surface area contributed by atoms with Gasteiger partial charge in [0.15, 0.2) is 0 Å². The number of nitrogens with zero attached hydrogens (tertiary/aromatic N) is 1. The number of aromatic nitrogens is 1. The molecule has 0 aliphatic heterocycles. The summed E-state index contributed by atoms with van der Waals surface area (Å²) in [6, 6.07) is 7.86. The van der Waals surface area contributed by atoms with E-state index < -0.39 is 0 Å². The molecule has 2 N–H and O–H groups in total. The number of benzene rings is 1. The normalized spacial score (nSPS) is 12.8. The second-order valence-corrected chi connectivity index (χ2v) is 5.78. The van der Waals surface area contributed by atoms with Crippen LogP contribution in [0.3, 0.4) is 0 Å². The minimum atomic E-state index is -0.145. The van der Waals surface area contributed by atoms with E-state index in [0.717, 1.165) is 20.7 Å². The highest BCUT2D eigenvalue weighted by molar-refractivity contribution is 9.10. The van der Waals surface area contributed by atoms with Crippen LogP contribution in [-0.4, -0.2) is 4.98 Å². The lowest BCUT2D eigenvalue weighted by Gasteiger charge is -2.10. The van der Waals surface area contributed by atoms with Gasteiger partial charge < -0.3 is 5.73 Å². The summed E-state index contributed by atoms with van der Waals surface area (Å²) in [5, 5.41) is 0.974. The first kappa shape index (κ1) is 11.8. The van der Waals surface area contributed by atoms with Gasteiger partial charge in [0.05, 0.1) is 11.7 Å². The second-order valence-electron chi connectivity index (χ2n) is 3.69. The Morgan fingerprint density at radius 3 is 2.56 bits per heavy atom. The number of aryl methyl sites for hydroxylation is 2. The van der Waals surface area contributed by atoms with Gasteiger partial charge in [0.25, 0.3) is 0 Å². The third kappa shape index (κ3) is 2.19. The Bertz CT molecular complexity index is 488. The van der Waals surface area contributed by atoms with Gasteiger partial charge in [-0.25, -0.2) is 4.98 Å². The Morgan fingerprint density at radius 2 is 2.00 bits per heavy atom. The first-order valence-corrected chi connectivity index (χ1v) is 6.64. The van der Waals surface area contributed by atoms with Crippen molar-refractivity contribution in [3.63, 3.8) is 0 Å². The van der Waals surface area contributed by atoms with E-state index in [0.29, 0.717) is 0 Å². The van der Waals surface area contributed by atoms with Crippen molar-refractivity contribution in [3.8, 4) is 0 Å². The molecule has 1 aromatic carbocycles. The molecule has 1 aromatic heterocycles. The van der Waals surface area contributed by atoms with Crippen molar-refractivity contribution in [2.45, 2.75) is 19.9 Å². The molecule has 2 nitrogen and oxygen atoms in total. The maximum atomic E-state index is 6.22. The van der Waals surface area contributed by atoms with Crippen LogP contribution in [0.4, 0.5) is 0 Å². The van der Waals surface area contributed by atoms with E-state index in [1.807, 2.05) is 31.2 Å². The molecule has 0 saturated heterocycles. The zero-order valence-corrected chi connectivity index (χ0v) is 11.6. The highest BCUT2D eigenvalue weighted by Gasteiger charge is 2.16. The molecule has 16 heavy (non-hydrogen) atoms. The largest absolute Gasteiger partial charge is 0.318 e. The van der Waals surface area contributed by atoms with Crippen LogP contribution in [0.1, 0.15) is 27.2 Å². The molecule has 0 amide bonds. The van der Waals surface area contributed by atoms with E-state index in [1.165, 1.54) is 4.88 Å². The van der Waals surface area contributed by atoms with Crippen LogP contribution in [0, 0.1) is 13.8 Å². The molecule has 0 spiro atoms. The van der Waals surface area contributed by atoms with Gasteiger partial charge in [0.2, 0.25) is 0 Å². The summed E-state index contributed by atoms with van der Waals surface area (Å²) in [6.07, 6.45) is 0. The number of hydrogen-bond acceptors (Lipinski definition) is 3. The van der Waals surface area contributed by atoms with Crippen LogP contribution in [0.5, 0.6) is 0 Å². The van der Waals surface area contributed by atoms with Gasteiger partial charge in [0.1, 0.15) is 5.01 Å². The van der Waals surface area contributed by atoms with Gasteiger partial charge in [-0.15, -0.1) is 11.3 Å². The minimum Gasteiger partial charge on any atom is -0.318 e. The molecule has 2 aromatic rings. The summed E-state index contributed by atoms with van der Waals surface area (Å²) in [7, 11) is 0. The number of thiazole rings is 1. The van der Waals surface area contributed by atoms with Crippen molar-refractivity contribution in [2.75, 3.05) is 0 Å². The van der Waals surface area contributed by atoms with E-state index in [-0.39, 0.29) is 6.04 Å². The maximum absolute atomic E-state index is 6.22. The lowest BCUT2D eigenvalue weighted by atomic mass is 10.1. The van der Waals surface area contributed by atoms with Crippen molar-refractivity contribution < 1.29 is 0 Å². The predicted octanol–water partition coefficient (Wildman–Crippen LogP) is 3.57. The van der Waals surface area contributed by atoms with E-state index in [9.17, 15) is 0 Å². The van der Waals surface area contributed by atoms with Crippen LogP contribution < -0.4 is 5.73 Å². The molecule has 2 rings (SSSR count). The quantitative estimate of drug-likeness (QED) is 0.920. The Hall–Kier alpha value is -0.710. The van der Waals surface area contributed by atoms with E-state index in [4.69, 9.17) is 5.73 Å². The van der Waals surface area contributed by atoms with Crippen LogP contribution in [0.15, 0.2) is 28.7 Å². The fourth-order valence-electron chi connectivity index (χ4n) is 1.49. The van der Waals surface area contributed by atoms with Gasteiger partial charge in [0, 0.05) is 9.35 Å².